The van der Waals surface area contributed by atoms with Gasteiger partial charge in [0.15, 0.2) is 0 Å². The molecule has 1 aliphatic rings. The molecular weight excluding hydrogens is 290 g/mol. The third-order valence-corrected chi connectivity index (χ3v) is 2.79. The first-order chi connectivity index (χ1) is 9.08. The van der Waals surface area contributed by atoms with Gasteiger partial charge in [-0.25, -0.2) is 4.39 Å². The molecule has 1 rings (SSSR count). The summed E-state index contributed by atoms with van der Waals surface area (Å²) in [7, 11) is 0. The molecule has 0 fully saturated rings. The number of alkyl halides is 6. The van der Waals surface area contributed by atoms with Gasteiger partial charge in [-0.05, 0) is 25.0 Å². The molecule has 0 aromatic heterocycles. The monoisotopic (exact) mass is 306 g/mol. The smallest absolute Gasteiger partial charge is 0.338 e. The van der Waals surface area contributed by atoms with Crippen LogP contribution in [0.4, 0.5) is 26.3 Å². The van der Waals surface area contributed by atoms with Crippen molar-refractivity contribution in [3.63, 3.8) is 0 Å². The highest BCUT2D eigenvalue weighted by molar-refractivity contribution is 5.24. The van der Waals surface area contributed by atoms with Gasteiger partial charge < -0.3 is 9.47 Å². The Balaban J connectivity index is 3.28. The van der Waals surface area contributed by atoms with Gasteiger partial charge >= 0.3 is 17.7 Å². The lowest BCUT2D eigenvalue weighted by atomic mass is 9.89. The van der Waals surface area contributed by atoms with Gasteiger partial charge in [-0.1, -0.05) is 13.8 Å². The number of rotatable bonds is 6. The standard InChI is InChI=1S/C12H16F6O2/c1-3-7-19-10(15)6-5-9(13,14)11(16,17)12(10,18)20-8-4-2/h5-6H,3-4,7-8H2,1-2H3. The second-order valence-corrected chi connectivity index (χ2v) is 4.47. The van der Waals surface area contributed by atoms with Gasteiger partial charge in [-0.15, -0.1) is 0 Å². The van der Waals surface area contributed by atoms with E-state index in [1.165, 1.54) is 13.8 Å². The molecule has 0 aliphatic heterocycles. The molecule has 118 valence electrons. The summed E-state index contributed by atoms with van der Waals surface area (Å²) in [5.41, 5.74) is 0. The summed E-state index contributed by atoms with van der Waals surface area (Å²) in [4.78, 5) is 0. The van der Waals surface area contributed by atoms with Crippen LogP contribution >= 0.6 is 0 Å². The van der Waals surface area contributed by atoms with Crippen LogP contribution in [0.1, 0.15) is 26.7 Å². The highest BCUT2D eigenvalue weighted by Gasteiger charge is 2.81. The predicted octanol–water partition coefficient (Wildman–Crippen LogP) is 4.01. The molecule has 8 heteroatoms. The molecule has 0 spiro atoms. The SMILES string of the molecule is CCCOC1(F)C=CC(F)(F)C(F)(F)C1(F)OCCC. The summed E-state index contributed by atoms with van der Waals surface area (Å²) in [6, 6.07) is 0. The minimum absolute atomic E-state index is 0.0426. The molecule has 2 atom stereocenters. The van der Waals surface area contributed by atoms with Crippen molar-refractivity contribution in [2.75, 3.05) is 13.2 Å². The second-order valence-electron chi connectivity index (χ2n) is 4.47. The average molecular weight is 306 g/mol. The van der Waals surface area contributed by atoms with Crippen molar-refractivity contribution >= 4 is 0 Å². The lowest BCUT2D eigenvalue weighted by Gasteiger charge is -2.45. The van der Waals surface area contributed by atoms with Crippen molar-refractivity contribution in [3.05, 3.63) is 12.2 Å². The van der Waals surface area contributed by atoms with Crippen LogP contribution in [0.5, 0.6) is 0 Å². The minimum atomic E-state index is -5.40. The largest absolute Gasteiger partial charge is 0.377 e. The van der Waals surface area contributed by atoms with Crippen LogP contribution in [0.3, 0.4) is 0 Å². The van der Waals surface area contributed by atoms with Crippen LogP contribution in [-0.2, 0) is 9.47 Å². The summed E-state index contributed by atoms with van der Waals surface area (Å²) in [5.74, 6) is -18.6. The van der Waals surface area contributed by atoms with Crippen LogP contribution in [0.2, 0.25) is 0 Å². The number of halogens is 6. The quantitative estimate of drug-likeness (QED) is 0.545. The Kier molecular flexibility index (Phi) is 4.80. The average Bonchev–Trinajstić information content (AvgIpc) is 2.38. The molecule has 1 aliphatic carbocycles. The van der Waals surface area contributed by atoms with Gasteiger partial charge in [0.1, 0.15) is 0 Å². The summed E-state index contributed by atoms with van der Waals surface area (Å²) in [6.45, 7) is 1.88. The maximum absolute atomic E-state index is 14.4. The van der Waals surface area contributed by atoms with E-state index in [1.807, 2.05) is 0 Å². The first kappa shape index (κ1) is 17.3. The summed E-state index contributed by atoms with van der Waals surface area (Å²) >= 11 is 0. The van der Waals surface area contributed by atoms with Crippen molar-refractivity contribution in [2.24, 2.45) is 0 Å². The molecule has 20 heavy (non-hydrogen) atoms. The number of ether oxygens (including phenoxy) is 2. The Morgan fingerprint density at radius 1 is 0.800 bits per heavy atom. The van der Waals surface area contributed by atoms with Crippen molar-refractivity contribution < 1.29 is 35.8 Å². The van der Waals surface area contributed by atoms with E-state index in [0.29, 0.717) is 0 Å². The van der Waals surface area contributed by atoms with Crippen molar-refractivity contribution in [3.8, 4) is 0 Å². The molecular formula is C12H16F6O2. The molecule has 0 aromatic carbocycles. The first-order valence-corrected chi connectivity index (χ1v) is 6.19. The molecule has 0 bridgehead atoms. The Morgan fingerprint density at radius 3 is 1.80 bits per heavy atom. The number of hydrogen-bond acceptors (Lipinski definition) is 2. The molecule has 0 amide bonds. The van der Waals surface area contributed by atoms with Crippen LogP contribution in [-0.4, -0.2) is 36.8 Å². The summed E-state index contributed by atoms with van der Waals surface area (Å²) < 4.78 is 91.0. The Labute approximate surface area is 112 Å². The molecule has 2 unspecified atom stereocenters. The Bertz CT molecular complexity index is 373. The van der Waals surface area contributed by atoms with E-state index < -0.39 is 42.8 Å². The molecule has 0 radical (unpaired) electrons. The van der Waals surface area contributed by atoms with Gasteiger partial charge in [0, 0.05) is 0 Å². The van der Waals surface area contributed by atoms with E-state index in [2.05, 4.69) is 9.47 Å². The van der Waals surface area contributed by atoms with Crippen LogP contribution < -0.4 is 0 Å². The lowest BCUT2D eigenvalue weighted by Crippen LogP contribution is -2.69. The third kappa shape index (κ3) is 2.43. The van der Waals surface area contributed by atoms with Crippen molar-refractivity contribution in [1.29, 1.82) is 0 Å². The Morgan fingerprint density at radius 2 is 1.30 bits per heavy atom. The van der Waals surface area contributed by atoms with E-state index in [9.17, 15) is 26.3 Å². The van der Waals surface area contributed by atoms with Crippen molar-refractivity contribution in [2.45, 2.75) is 50.2 Å². The molecule has 0 saturated carbocycles. The van der Waals surface area contributed by atoms with E-state index in [-0.39, 0.29) is 18.9 Å². The minimum Gasteiger partial charge on any atom is -0.338 e. The lowest BCUT2D eigenvalue weighted by molar-refractivity contribution is -0.414. The molecule has 2 nitrogen and oxygen atoms in total. The van der Waals surface area contributed by atoms with E-state index >= 15 is 0 Å². The van der Waals surface area contributed by atoms with E-state index in [1.54, 1.807) is 0 Å². The first-order valence-electron chi connectivity index (χ1n) is 6.19. The van der Waals surface area contributed by atoms with Gasteiger partial charge in [-0.2, -0.15) is 22.0 Å². The third-order valence-electron chi connectivity index (χ3n) is 2.79. The van der Waals surface area contributed by atoms with Crippen LogP contribution in [0, 0.1) is 0 Å². The number of hydrogen-bond donors (Lipinski definition) is 0. The molecule has 0 N–H and O–H groups in total. The van der Waals surface area contributed by atoms with E-state index in [0.717, 1.165) is 0 Å². The zero-order valence-corrected chi connectivity index (χ0v) is 11.1. The predicted molar refractivity (Wildman–Crippen MR) is 59.2 cm³/mol. The van der Waals surface area contributed by atoms with Crippen LogP contribution in [0.25, 0.3) is 0 Å². The molecule has 0 aromatic rings. The van der Waals surface area contributed by atoms with Gasteiger partial charge in [0.2, 0.25) is 0 Å². The highest BCUT2D eigenvalue weighted by Crippen LogP contribution is 2.56. The van der Waals surface area contributed by atoms with Gasteiger partial charge in [0.25, 0.3) is 5.85 Å². The molecule has 0 heterocycles. The summed E-state index contributed by atoms with van der Waals surface area (Å²) in [6.07, 6.45) is -0.211. The zero-order valence-electron chi connectivity index (χ0n) is 11.1. The fourth-order valence-electron chi connectivity index (χ4n) is 1.68. The fourth-order valence-corrected chi connectivity index (χ4v) is 1.68. The van der Waals surface area contributed by atoms with Crippen molar-refractivity contribution in [1.82, 2.24) is 0 Å². The van der Waals surface area contributed by atoms with Crippen LogP contribution in [0.15, 0.2) is 12.2 Å². The van der Waals surface area contributed by atoms with E-state index in [4.69, 9.17) is 0 Å². The zero-order chi connectivity index (χ0) is 15.7. The highest BCUT2D eigenvalue weighted by atomic mass is 19.3. The normalized spacial score (nSPS) is 35.2. The number of allylic oxidation sites excluding steroid dienone is 1. The van der Waals surface area contributed by atoms with Gasteiger partial charge in [-0.3, -0.25) is 0 Å². The van der Waals surface area contributed by atoms with Gasteiger partial charge in [0.05, 0.1) is 13.2 Å². The maximum Gasteiger partial charge on any atom is 0.377 e. The fraction of sp³-hybridized carbons (Fsp3) is 0.833. The maximum atomic E-state index is 14.4. The Hall–Kier alpha value is -0.760. The summed E-state index contributed by atoms with van der Waals surface area (Å²) in [5, 5.41) is 0. The topological polar surface area (TPSA) is 18.5 Å². The molecule has 0 saturated heterocycles. The second kappa shape index (κ2) is 5.55.